The Morgan fingerprint density at radius 2 is 2.44 bits per heavy atom. The minimum atomic E-state index is -1.03. The van der Waals surface area contributed by atoms with Crippen LogP contribution in [0.15, 0.2) is 12.1 Å². The second kappa shape index (κ2) is 5.12. The lowest BCUT2D eigenvalue weighted by Crippen LogP contribution is -2.37. The van der Waals surface area contributed by atoms with Gasteiger partial charge in [0, 0.05) is 12.1 Å². The Bertz CT molecular complexity index is 450. The van der Waals surface area contributed by atoms with Gasteiger partial charge in [-0.2, -0.15) is 0 Å². The maximum atomic E-state index is 10.8. The number of anilines is 1. The van der Waals surface area contributed by atoms with Gasteiger partial charge in [0.15, 0.2) is 0 Å². The van der Waals surface area contributed by atoms with Crippen molar-refractivity contribution in [2.24, 2.45) is 0 Å². The number of fused-ring (bicyclic) bond motifs is 1. The Labute approximate surface area is 105 Å². The molecule has 0 aliphatic carbocycles. The van der Waals surface area contributed by atoms with Gasteiger partial charge in [0.1, 0.15) is 0 Å². The molecule has 0 unspecified atom stereocenters. The summed E-state index contributed by atoms with van der Waals surface area (Å²) in [5.74, 6) is 0.489. The molecule has 3 N–H and O–H groups in total. The number of carbonyl (C=O) groups is 1. The van der Waals surface area contributed by atoms with Crippen molar-refractivity contribution in [2.75, 3.05) is 12.4 Å². The van der Waals surface area contributed by atoms with Crippen LogP contribution in [0.3, 0.4) is 0 Å². The first kappa shape index (κ1) is 12.5. The van der Waals surface area contributed by atoms with Gasteiger partial charge in [-0.05, 0) is 18.9 Å². The molecular formula is C12H17N3O3. The van der Waals surface area contributed by atoms with E-state index in [-0.39, 0.29) is 12.1 Å². The first-order valence-electron chi connectivity index (χ1n) is 5.95. The maximum absolute atomic E-state index is 10.8. The molecule has 0 fully saturated rings. The van der Waals surface area contributed by atoms with Crippen molar-refractivity contribution in [1.82, 2.24) is 10.3 Å². The molecule has 1 aromatic heterocycles. The van der Waals surface area contributed by atoms with Crippen LogP contribution in [-0.4, -0.2) is 29.3 Å². The number of hydrogen-bond acceptors (Lipinski definition) is 4. The van der Waals surface area contributed by atoms with Crippen LogP contribution in [0.2, 0.25) is 0 Å². The van der Waals surface area contributed by atoms with Gasteiger partial charge < -0.3 is 20.5 Å². The summed E-state index contributed by atoms with van der Waals surface area (Å²) in [6, 6.07) is 3.60. The molecule has 6 heteroatoms. The van der Waals surface area contributed by atoms with Crippen LogP contribution >= 0.6 is 0 Å². The van der Waals surface area contributed by atoms with E-state index in [1.54, 1.807) is 13.2 Å². The fraction of sp³-hybridized carbons (Fsp3) is 0.500. The largest absolute Gasteiger partial charge is 0.481 e. The number of nitrogens with zero attached hydrogens (tertiary/aromatic N) is 1. The molecule has 6 nitrogen and oxygen atoms in total. The van der Waals surface area contributed by atoms with Gasteiger partial charge >= 0.3 is 6.09 Å². The molecule has 2 atom stereocenters. The molecule has 18 heavy (non-hydrogen) atoms. The predicted molar refractivity (Wildman–Crippen MR) is 67.0 cm³/mol. The molecule has 1 aliphatic rings. The Morgan fingerprint density at radius 1 is 1.67 bits per heavy atom. The summed E-state index contributed by atoms with van der Waals surface area (Å²) >= 11 is 0. The van der Waals surface area contributed by atoms with E-state index in [1.165, 1.54) is 0 Å². The Morgan fingerprint density at radius 3 is 3.06 bits per heavy atom. The normalized spacial score (nSPS) is 21.7. The summed E-state index contributed by atoms with van der Waals surface area (Å²) in [4.78, 5) is 15.2. The van der Waals surface area contributed by atoms with Crippen molar-refractivity contribution in [2.45, 2.75) is 31.8 Å². The molecule has 0 radical (unpaired) electrons. The highest BCUT2D eigenvalue weighted by Gasteiger charge is 2.28. The maximum Gasteiger partial charge on any atom is 0.405 e. The van der Waals surface area contributed by atoms with E-state index in [1.807, 2.05) is 6.07 Å². The molecule has 1 aromatic rings. The summed E-state index contributed by atoms with van der Waals surface area (Å²) in [6.45, 7) is 2.07. The standard InChI is InChI=1S/C12H17N3O3/c1-3-7-6-9(14-12(16)17)11-8(13-7)4-5-10(15-11)18-2/h4-5,7,9,13-14H,3,6H2,1-2H3,(H,16,17)/t7-,9+/m0/s1. The summed E-state index contributed by atoms with van der Waals surface area (Å²) in [7, 11) is 1.54. The minimum absolute atomic E-state index is 0.254. The van der Waals surface area contributed by atoms with Crippen LogP contribution in [0.25, 0.3) is 0 Å². The first-order valence-corrected chi connectivity index (χ1v) is 5.95. The lowest BCUT2D eigenvalue weighted by molar-refractivity contribution is 0.188. The topological polar surface area (TPSA) is 83.5 Å². The molecule has 0 aromatic carbocycles. The van der Waals surface area contributed by atoms with Crippen LogP contribution in [0.1, 0.15) is 31.5 Å². The van der Waals surface area contributed by atoms with Crippen molar-refractivity contribution in [3.63, 3.8) is 0 Å². The Hall–Kier alpha value is -1.98. The van der Waals surface area contributed by atoms with E-state index in [9.17, 15) is 4.79 Å². The average Bonchev–Trinajstić information content (AvgIpc) is 2.37. The Balaban J connectivity index is 2.33. The van der Waals surface area contributed by atoms with Crippen molar-refractivity contribution in [3.05, 3.63) is 17.8 Å². The van der Waals surface area contributed by atoms with Gasteiger partial charge in [0.25, 0.3) is 0 Å². The van der Waals surface area contributed by atoms with E-state index in [0.29, 0.717) is 18.0 Å². The van der Waals surface area contributed by atoms with Crippen LogP contribution in [0.5, 0.6) is 5.88 Å². The van der Waals surface area contributed by atoms with E-state index in [4.69, 9.17) is 9.84 Å². The number of carboxylic acid groups (broad SMARTS) is 1. The quantitative estimate of drug-likeness (QED) is 0.765. The number of pyridine rings is 1. The molecule has 1 amide bonds. The second-order valence-corrected chi connectivity index (χ2v) is 4.27. The molecule has 0 bridgehead atoms. The highest BCUT2D eigenvalue weighted by Crippen LogP contribution is 2.33. The van der Waals surface area contributed by atoms with Crippen LogP contribution in [0.4, 0.5) is 10.5 Å². The van der Waals surface area contributed by atoms with Gasteiger partial charge in [-0.25, -0.2) is 9.78 Å². The molecule has 2 heterocycles. The second-order valence-electron chi connectivity index (χ2n) is 4.27. The van der Waals surface area contributed by atoms with Gasteiger partial charge in [-0.1, -0.05) is 6.92 Å². The smallest absolute Gasteiger partial charge is 0.405 e. The van der Waals surface area contributed by atoms with Crippen LogP contribution in [0, 0.1) is 0 Å². The average molecular weight is 251 g/mol. The summed E-state index contributed by atoms with van der Waals surface area (Å²) in [5, 5.41) is 14.7. The number of amides is 1. The number of methoxy groups -OCH3 is 1. The molecule has 2 rings (SSSR count). The number of aromatic nitrogens is 1. The molecule has 1 aliphatic heterocycles. The first-order chi connectivity index (χ1) is 8.63. The molecule has 0 spiro atoms. The fourth-order valence-electron chi connectivity index (χ4n) is 2.18. The minimum Gasteiger partial charge on any atom is -0.481 e. The fourth-order valence-corrected chi connectivity index (χ4v) is 2.18. The number of hydrogen-bond donors (Lipinski definition) is 3. The monoisotopic (exact) mass is 251 g/mol. The van der Waals surface area contributed by atoms with Gasteiger partial charge in [-0.3, -0.25) is 0 Å². The van der Waals surface area contributed by atoms with E-state index >= 15 is 0 Å². The van der Waals surface area contributed by atoms with Crippen molar-refractivity contribution in [1.29, 1.82) is 0 Å². The molecule has 0 saturated carbocycles. The molecule has 0 saturated heterocycles. The third kappa shape index (κ3) is 2.47. The zero-order valence-corrected chi connectivity index (χ0v) is 10.4. The van der Waals surface area contributed by atoms with Gasteiger partial charge in [0.2, 0.25) is 5.88 Å². The van der Waals surface area contributed by atoms with E-state index in [2.05, 4.69) is 22.5 Å². The highest BCUT2D eigenvalue weighted by molar-refractivity contribution is 5.66. The SMILES string of the molecule is CC[C@H]1C[C@@H](NC(=O)O)c2nc(OC)ccc2N1. The van der Waals surface area contributed by atoms with Crippen molar-refractivity contribution >= 4 is 11.8 Å². The zero-order valence-electron chi connectivity index (χ0n) is 10.4. The lowest BCUT2D eigenvalue weighted by Gasteiger charge is -2.31. The highest BCUT2D eigenvalue weighted by atomic mass is 16.5. The third-order valence-electron chi connectivity index (χ3n) is 3.11. The lowest BCUT2D eigenvalue weighted by atomic mass is 9.96. The number of rotatable bonds is 3. The summed E-state index contributed by atoms with van der Waals surface area (Å²) < 4.78 is 5.07. The molecule has 98 valence electrons. The molecular weight excluding hydrogens is 234 g/mol. The summed E-state index contributed by atoms with van der Waals surface area (Å²) in [6.07, 6.45) is 0.589. The third-order valence-corrected chi connectivity index (χ3v) is 3.11. The predicted octanol–water partition coefficient (Wildman–Crippen LogP) is 1.99. The van der Waals surface area contributed by atoms with Crippen LogP contribution in [-0.2, 0) is 0 Å². The van der Waals surface area contributed by atoms with Crippen LogP contribution < -0.4 is 15.4 Å². The van der Waals surface area contributed by atoms with E-state index in [0.717, 1.165) is 12.1 Å². The number of nitrogens with one attached hydrogen (secondary N) is 2. The Kier molecular flexibility index (Phi) is 3.55. The van der Waals surface area contributed by atoms with Gasteiger partial charge in [0.05, 0.1) is 24.5 Å². The van der Waals surface area contributed by atoms with Crippen molar-refractivity contribution < 1.29 is 14.6 Å². The van der Waals surface area contributed by atoms with Crippen molar-refractivity contribution in [3.8, 4) is 5.88 Å². The zero-order chi connectivity index (χ0) is 13.1. The number of ether oxygens (including phenoxy) is 1. The van der Waals surface area contributed by atoms with E-state index < -0.39 is 6.09 Å². The van der Waals surface area contributed by atoms with Gasteiger partial charge in [-0.15, -0.1) is 0 Å². The summed E-state index contributed by atoms with van der Waals surface area (Å²) in [5.41, 5.74) is 1.56.